The maximum Gasteiger partial charge on any atom is 0.275 e. The number of piperazine rings is 1. The van der Waals surface area contributed by atoms with Gasteiger partial charge in [-0.05, 0) is 32.9 Å². The number of carbonyl (C=O) groups is 1. The predicted molar refractivity (Wildman–Crippen MR) is 105 cm³/mol. The van der Waals surface area contributed by atoms with Gasteiger partial charge in [-0.2, -0.15) is 0 Å². The molecule has 0 atom stereocenters. The Bertz CT molecular complexity index is 563. The highest BCUT2D eigenvalue weighted by molar-refractivity contribution is 5.76. The number of nitrogens with one attached hydrogen (secondary N) is 2. The monoisotopic (exact) mass is 364 g/mol. The molecule has 6 nitrogen and oxygen atoms in total. The number of anilines is 1. The zero-order chi connectivity index (χ0) is 19.0. The molecule has 1 aliphatic heterocycles. The zero-order valence-electron chi connectivity index (χ0n) is 16.8. The summed E-state index contributed by atoms with van der Waals surface area (Å²) in [5.74, 6) is 1.09. The van der Waals surface area contributed by atoms with Gasteiger partial charge < -0.3 is 25.2 Å². The van der Waals surface area contributed by atoms with E-state index in [9.17, 15) is 4.79 Å². The molecule has 0 saturated carbocycles. The van der Waals surface area contributed by atoms with Gasteiger partial charge in [-0.1, -0.05) is 12.1 Å². The van der Waals surface area contributed by atoms with Gasteiger partial charge in [0.2, 0.25) is 0 Å². The van der Waals surface area contributed by atoms with E-state index in [-0.39, 0.29) is 11.4 Å². The van der Waals surface area contributed by atoms with Crippen LogP contribution in [0.5, 0.6) is 5.75 Å². The smallest absolute Gasteiger partial charge is 0.275 e. The van der Waals surface area contributed by atoms with Crippen LogP contribution in [0, 0.1) is 0 Å². The molecule has 26 heavy (non-hydrogen) atoms. The number of nitrogens with two attached hydrogens (primary N) is 1. The third-order valence-corrected chi connectivity index (χ3v) is 4.77. The Morgan fingerprint density at radius 2 is 1.96 bits per heavy atom. The van der Waals surface area contributed by atoms with Crippen LogP contribution in [0.2, 0.25) is 0 Å². The number of quaternary nitrogens is 2. The Morgan fingerprint density at radius 3 is 2.62 bits per heavy atom. The molecule has 0 radical (unpaired) electrons. The van der Waals surface area contributed by atoms with E-state index < -0.39 is 0 Å². The summed E-state index contributed by atoms with van der Waals surface area (Å²) in [6.07, 6.45) is 1.01. The van der Waals surface area contributed by atoms with E-state index in [4.69, 9.17) is 4.74 Å². The van der Waals surface area contributed by atoms with E-state index in [2.05, 4.69) is 42.4 Å². The number of amides is 1. The van der Waals surface area contributed by atoms with E-state index in [0.717, 1.165) is 57.1 Å². The first-order chi connectivity index (χ1) is 12.4. The largest absolute Gasteiger partial charge is 0.495 e. The summed E-state index contributed by atoms with van der Waals surface area (Å²) in [6, 6.07) is 8.14. The summed E-state index contributed by atoms with van der Waals surface area (Å²) in [7, 11) is 1.71. The minimum Gasteiger partial charge on any atom is -0.495 e. The lowest BCUT2D eigenvalue weighted by Crippen LogP contribution is -3.16. The van der Waals surface area contributed by atoms with E-state index in [1.807, 2.05) is 18.2 Å². The molecule has 0 aromatic heterocycles. The molecular formula is C20H36N4O2+2. The normalized spacial score (nSPS) is 15.8. The second-order valence-electron chi connectivity index (χ2n) is 8.15. The molecule has 1 aromatic carbocycles. The fourth-order valence-electron chi connectivity index (χ4n) is 3.29. The molecule has 1 aliphatic rings. The van der Waals surface area contributed by atoms with Gasteiger partial charge in [-0.15, -0.1) is 0 Å². The van der Waals surface area contributed by atoms with Crippen molar-refractivity contribution in [1.82, 2.24) is 5.32 Å². The number of rotatable bonds is 8. The van der Waals surface area contributed by atoms with Crippen LogP contribution in [0.4, 0.5) is 5.69 Å². The van der Waals surface area contributed by atoms with Crippen LogP contribution in [0.25, 0.3) is 0 Å². The average Bonchev–Trinajstić information content (AvgIpc) is 2.61. The highest BCUT2D eigenvalue weighted by Gasteiger charge is 2.23. The second kappa shape index (κ2) is 9.78. The van der Waals surface area contributed by atoms with Crippen LogP contribution in [0.15, 0.2) is 24.3 Å². The van der Waals surface area contributed by atoms with Crippen molar-refractivity contribution < 1.29 is 19.7 Å². The molecule has 1 aromatic rings. The fourth-order valence-corrected chi connectivity index (χ4v) is 3.29. The van der Waals surface area contributed by atoms with Crippen molar-refractivity contribution in [3.05, 3.63) is 24.3 Å². The first kappa shape index (κ1) is 20.5. The SMILES string of the molecule is COc1ccccc1N1CC[NH+](CC(=O)NCCC[NH2+]C(C)(C)C)CC1. The van der Waals surface area contributed by atoms with Crippen molar-refractivity contribution in [2.75, 3.05) is 57.8 Å². The summed E-state index contributed by atoms with van der Waals surface area (Å²) in [5, 5.41) is 5.38. The van der Waals surface area contributed by atoms with Gasteiger partial charge in [0.1, 0.15) is 5.75 Å². The fraction of sp³-hybridized carbons (Fsp3) is 0.650. The number of ether oxygens (including phenoxy) is 1. The zero-order valence-corrected chi connectivity index (χ0v) is 16.8. The van der Waals surface area contributed by atoms with Gasteiger partial charge in [0, 0.05) is 13.0 Å². The lowest BCUT2D eigenvalue weighted by molar-refractivity contribution is -0.892. The van der Waals surface area contributed by atoms with E-state index in [0.29, 0.717) is 6.54 Å². The Kier molecular flexibility index (Phi) is 7.72. The summed E-state index contributed by atoms with van der Waals surface area (Å²) < 4.78 is 5.46. The van der Waals surface area contributed by atoms with E-state index in [1.54, 1.807) is 7.11 Å². The Balaban J connectivity index is 1.66. The molecule has 2 rings (SSSR count). The summed E-state index contributed by atoms with van der Waals surface area (Å²) >= 11 is 0. The van der Waals surface area contributed by atoms with Gasteiger partial charge >= 0.3 is 0 Å². The molecule has 0 unspecified atom stereocenters. The predicted octanol–water partition coefficient (Wildman–Crippen LogP) is -0.732. The summed E-state index contributed by atoms with van der Waals surface area (Å²) in [5.41, 5.74) is 1.41. The lowest BCUT2D eigenvalue weighted by Gasteiger charge is -2.34. The molecule has 6 heteroatoms. The quantitative estimate of drug-likeness (QED) is 0.533. The molecule has 0 aliphatic carbocycles. The molecule has 0 spiro atoms. The molecule has 4 N–H and O–H groups in total. The first-order valence-corrected chi connectivity index (χ1v) is 9.71. The van der Waals surface area contributed by atoms with Crippen molar-refractivity contribution >= 4 is 11.6 Å². The van der Waals surface area contributed by atoms with Crippen LogP contribution < -0.4 is 25.2 Å². The number of carbonyl (C=O) groups excluding carboxylic acids is 1. The van der Waals surface area contributed by atoms with Crippen LogP contribution in [-0.4, -0.2) is 64.4 Å². The molecule has 146 valence electrons. The second-order valence-corrected chi connectivity index (χ2v) is 8.15. The number of para-hydroxylation sites is 2. The van der Waals surface area contributed by atoms with Crippen molar-refractivity contribution in [2.24, 2.45) is 0 Å². The highest BCUT2D eigenvalue weighted by Crippen LogP contribution is 2.27. The molecule has 1 fully saturated rings. The maximum absolute atomic E-state index is 12.1. The van der Waals surface area contributed by atoms with Gasteiger partial charge in [0.15, 0.2) is 6.54 Å². The number of methoxy groups -OCH3 is 1. The molecular weight excluding hydrogens is 328 g/mol. The summed E-state index contributed by atoms with van der Waals surface area (Å²) in [4.78, 5) is 15.9. The van der Waals surface area contributed by atoms with Crippen molar-refractivity contribution in [2.45, 2.75) is 32.7 Å². The molecule has 1 heterocycles. The molecule has 1 saturated heterocycles. The van der Waals surface area contributed by atoms with Crippen LogP contribution in [0.3, 0.4) is 0 Å². The third kappa shape index (κ3) is 6.84. The maximum atomic E-state index is 12.1. The van der Waals surface area contributed by atoms with E-state index >= 15 is 0 Å². The van der Waals surface area contributed by atoms with Crippen molar-refractivity contribution in [1.29, 1.82) is 0 Å². The van der Waals surface area contributed by atoms with Crippen LogP contribution in [0.1, 0.15) is 27.2 Å². The number of benzene rings is 1. The van der Waals surface area contributed by atoms with Gasteiger partial charge in [0.25, 0.3) is 5.91 Å². The third-order valence-electron chi connectivity index (χ3n) is 4.77. The van der Waals surface area contributed by atoms with Gasteiger partial charge in [-0.3, -0.25) is 4.79 Å². The van der Waals surface area contributed by atoms with Crippen molar-refractivity contribution in [3.8, 4) is 5.75 Å². The number of nitrogens with zero attached hydrogens (tertiary/aromatic N) is 1. The minimum absolute atomic E-state index is 0.168. The standard InChI is InChI=1S/C20H34N4O2/c1-20(2,3)22-11-7-10-21-19(25)16-23-12-14-24(15-13-23)17-8-5-6-9-18(17)26-4/h5-6,8-9,22H,7,10-16H2,1-4H3,(H,21,25)/p+2. The van der Waals surface area contributed by atoms with Crippen molar-refractivity contribution in [3.63, 3.8) is 0 Å². The minimum atomic E-state index is 0.168. The Hall–Kier alpha value is -1.79. The first-order valence-electron chi connectivity index (χ1n) is 9.71. The highest BCUT2D eigenvalue weighted by atomic mass is 16.5. The number of hydrogen-bond acceptors (Lipinski definition) is 3. The average molecular weight is 365 g/mol. The van der Waals surface area contributed by atoms with Gasteiger partial charge in [0.05, 0.1) is 51.1 Å². The topological polar surface area (TPSA) is 62.6 Å². The molecule has 1 amide bonds. The Morgan fingerprint density at radius 1 is 1.27 bits per heavy atom. The van der Waals surface area contributed by atoms with Crippen LogP contribution in [-0.2, 0) is 4.79 Å². The summed E-state index contributed by atoms with van der Waals surface area (Å²) in [6.45, 7) is 12.9. The lowest BCUT2D eigenvalue weighted by atomic mass is 10.1. The van der Waals surface area contributed by atoms with Gasteiger partial charge in [-0.25, -0.2) is 0 Å². The number of hydrogen-bond donors (Lipinski definition) is 3. The molecule has 0 bridgehead atoms. The Labute approximate surface area is 157 Å². The van der Waals surface area contributed by atoms with Crippen LogP contribution >= 0.6 is 0 Å². The van der Waals surface area contributed by atoms with E-state index in [1.165, 1.54) is 4.90 Å².